The number of thioether (sulfide) groups is 1. The summed E-state index contributed by atoms with van der Waals surface area (Å²) < 4.78 is 0. The third kappa shape index (κ3) is 5.19. The molecule has 7 nitrogen and oxygen atoms in total. The van der Waals surface area contributed by atoms with Crippen LogP contribution in [0.4, 0.5) is 5.69 Å². The lowest BCUT2D eigenvalue weighted by Gasteiger charge is -2.27. The van der Waals surface area contributed by atoms with Gasteiger partial charge in [0.15, 0.2) is 0 Å². The van der Waals surface area contributed by atoms with E-state index in [1.54, 1.807) is 4.90 Å². The van der Waals surface area contributed by atoms with Crippen LogP contribution in [0.1, 0.15) is 48.9 Å². The minimum absolute atomic E-state index is 0.0369. The monoisotopic (exact) mass is 365 g/mol. The number of nitro benzene ring substituents is 1. The van der Waals surface area contributed by atoms with Crippen LogP contribution in [0.2, 0.25) is 0 Å². The van der Waals surface area contributed by atoms with Gasteiger partial charge >= 0.3 is 0 Å². The van der Waals surface area contributed by atoms with Crippen molar-refractivity contribution >= 4 is 29.3 Å². The van der Waals surface area contributed by atoms with Gasteiger partial charge in [0.2, 0.25) is 11.8 Å². The molecule has 0 heterocycles. The topological polar surface area (TPSA) is 107 Å². The lowest BCUT2D eigenvalue weighted by molar-refractivity contribution is -0.387. The van der Waals surface area contributed by atoms with Crippen LogP contribution in [0.15, 0.2) is 23.1 Å². The van der Waals surface area contributed by atoms with Crippen molar-refractivity contribution in [2.45, 2.75) is 49.5 Å². The van der Waals surface area contributed by atoms with Gasteiger partial charge in [0, 0.05) is 24.7 Å². The Hall–Kier alpha value is -2.09. The summed E-state index contributed by atoms with van der Waals surface area (Å²) in [6.45, 7) is 0. The van der Waals surface area contributed by atoms with Gasteiger partial charge in [-0.3, -0.25) is 19.7 Å². The average molecular weight is 365 g/mol. The maximum Gasteiger partial charge on any atom is 0.283 e. The molecule has 0 bridgehead atoms. The van der Waals surface area contributed by atoms with E-state index in [1.807, 2.05) is 7.05 Å². The fraction of sp³-hybridized carbons (Fsp3) is 0.529. The summed E-state index contributed by atoms with van der Waals surface area (Å²) in [5, 5.41) is 11.2. The largest absolute Gasteiger partial charge is 0.366 e. The van der Waals surface area contributed by atoms with Crippen LogP contribution in [-0.2, 0) is 4.79 Å². The van der Waals surface area contributed by atoms with Gasteiger partial charge in [0.1, 0.15) is 0 Å². The molecule has 1 aromatic rings. The minimum atomic E-state index is -0.719. The number of nitro groups is 1. The second-order valence-electron chi connectivity index (χ2n) is 6.24. The fourth-order valence-corrected chi connectivity index (χ4v) is 3.95. The molecular formula is C17H23N3O4S. The van der Waals surface area contributed by atoms with Gasteiger partial charge < -0.3 is 10.6 Å². The van der Waals surface area contributed by atoms with Gasteiger partial charge in [0.05, 0.1) is 15.6 Å². The summed E-state index contributed by atoms with van der Waals surface area (Å²) in [6, 6.07) is 4.33. The highest BCUT2D eigenvalue weighted by Crippen LogP contribution is 2.30. The maximum absolute atomic E-state index is 12.4. The molecular weight excluding hydrogens is 342 g/mol. The number of rotatable bonds is 6. The smallest absolute Gasteiger partial charge is 0.283 e. The molecule has 0 saturated heterocycles. The standard InChI is InChI=1S/C17H23N3O4S/c1-19(13-6-4-2-3-5-7-13)16(21)11-25-15-9-8-12(17(18)22)10-14(15)20(23)24/h8-10,13H,2-7,11H2,1H3,(H2,18,22). The summed E-state index contributed by atoms with van der Waals surface area (Å²) in [6.07, 6.45) is 6.73. The zero-order valence-corrected chi connectivity index (χ0v) is 15.1. The van der Waals surface area contributed by atoms with E-state index in [2.05, 4.69) is 0 Å². The molecule has 2 rings (SSSR count). The van der Waals surface area contributed by atoms with Crippen LogP contribution < -0.4 is 5.73 Å². The van der Waals surface area contributed by atoms with Gasteiger partial charge in [-0.05, 0) is 25.0 Å². The fourth-order valence-electron chi connectivity index (χ4n) is 3.03. The van der Waals surface area contributed by atoms with Crippen LogP contribution in [0.5, 0.6) is 0 Å². The maximum atomic E-state index is 12.4. The van der Waals surface area contributed by atoms with E-state index in [-0.39, 0.29) is 29.0 Å². The molecule has 1 saturated carbocycles. The summed E-state index contributed by atoms with van der Waals surface area (Å²) >= 11 is 1.12. The first-order valence-corrected chi connectivity index (χ1v) is 9.35. The quantitative estimate of drug-likeness (QED) is 0.361. The average Bonchev–Trinajstić information content (AvgIpc) is 2.87. The Labute approximate surface area is 151 Å². The molecule has 1 aromatic carbocycles. The van der Waals surface area contributed by atoms with E-state index in [0.29, 0.717) is 4.90 Å². The van der Waals surface area contributed by atoms with Crippen LogP contribution in [-0.4, -0.2) is 40.5 Å². The van der Waals surface area contributed by atoms with Crippen molar-refractivity contribution in [2.75, 3.05) is 12.8 Å². The second kappa shape index (κ2) is 8.84. The molecule has 1 aliphatic carbocycles. The van der Waals surface area contributed by atoms with Crippen molar-refractivity contribution in [2.24, 2.45) is 5.73 Å². The van der Waals surface area contributed by atoms with Crippen LogP contribution in [0, 0.1) is 10.1 Å². The van der Waals surface area contributed by atoms with E-state index >= 15 is 0 Å². The molecule has 0 aliphatic heterocycles. The van der Waals surface area contributed by atoms with Crippen LogP contribution in [0.3, 0.4) is 0 Å². The predicted octanol–water partition coefficient (Wildman–Crippen LogP) is 2.97. The molecule has 2 N–H and O–H groups in total. The van der Waals surface area contributed by atoms with Gasteiger partial charge in [-0.15, -0.1) is 11.8 Å². The van der Waals surface area contributed by atoms with Crippen molar-refractivity contribution in [1.82, 2.24) is 4.90 Å². The number of hydrogen-bond acceptors (Lipinski definition) is 5. The lowest BCUT2D eigenvalue weighted by atomic mass is 10.1. The highest BCUT2D eigenvalue weighted by molar-refractivity contribution is 8.00. The molecule has 1 aliphatic rings. The van der Waals surface area contributed by atoms with Crippen molar-refractivity contribution in [3.8, 4) is 0 Å². The SMILES string of the molecule is CN(C(=O)CSc1ccc(C(N)=O)cc1[N+](=O)[O-])C1CCCCCC1. The Balaban J connectivity index is 2.03. The van der Waals surface area contributed by atoms with E-state index in [9.17, 15) is 19.7 Å². The van der Waals surface area contributed by atoms with E-state index in [1.165, 1.54) is 25.0 Å². The Kier molecular flexibility index (Phi) is 6.81. The Morgan fingerprint density at radius 2 is 1.92 bits per heavy atom. The van der Waals surface area contributed by atoms with Crippen molar-refractivity contribution in [3.63, 3.8) is 0 Å². The van der Waals surface area contributed by atoms with E-state index in [0.717, 1.165) is 43.5 Å². The molecule has 2 amide bonds. The van der Waals surface area contributed by atoms with Gasteiger partial charge in [-0.2, -0.15) is 0 Å². The minimum Gasteiger partial charge on any atom is -0.366 e. The predicted molar refractivity (Wildman–Crippen MR) is 96.6 cm³/mol. The van der Waals surface area contributed by atoms with Crippen LogP contribution >= 0.6 is 11.8 Å². The Morgan fingerprint density at radius 3 is 2.48 bits per heavy atom. The third-order valence-electron chi connectivity index (χ3n) is 4.56. The third-order valence-corrected chi connectivity index (χ3v) is 5.60. The zero-order valence-electron chi connectivity index (χ0n) is 14.3. The number of primary amides is 1. The number of carbonyl (C=O) groups excluding carboxylic acids is 2. The first-order chi connectivity index (χ1) is 11.9. The first-order valence-electron chi connectivity index (χ1n) is 8.37. The highest BCUT2D eigenvalue weighted by Gasteiger charge is 2.23. The number of nitrogens with zero attached hydrogens (tertiary/aromatic N) is 2. The molecule has 136 valence electrons. The second-order valence-corrected chi connectivity index (χ2v) is 7.26. The van der Waals surface area contributed by atoms with Crippen molar-refractivity contribution in [1.29, 1.82) is 0 Å². The first kappa shape index (κ1) is 19.2. The summed E-state index contributed by atoms with van der Waals surface area (Å²) in [5.74, 6) is -0.627. The van der Waals surface area contributed by atoms with E-state index < -0.39 is 10.8 Å². The number of carbonyl (C=O) groups is 2. The number of hydrogen-bond donors (Lipinski definition) is 1. The van der Waals surface area contributed by atoms with Crippen molar-refractivity contribution in [3.05, 3.63) is 33.9 Å². The van der Waals surface area contributed by atoms with Gasteiger partial charge in [-0.25, -0.2) is 0 Å². The molecule has 0 aromatic heterocycles. The summed E-state index contributed by atoms with van der Waals surface area (Å²) in [7, 11) is 1.81. The molecule has 1 fully saturated rings. The summed E-state index contributed by atoms with van der Waals surface area (Å²) in [4.78, 5) is 36.4. The summed E-state index contributed by atoms with van der Waals surface area (Å²) in [5.41, 5.74) is 5.04. The normalized spacial score (nSPS) is 15.4. The van der Waals surface area contributed by atoms with Gasteiger partial charge in [0.25, 0.3) is 5.69 Å². The van der Waals surface area contributed by atoms with Gasteiger partial charge in [-0.1, -0.05) is 25.7 Å². The Morgan fingerprint density at radius 1 is 1.28 bits per heavy atom. The lowest BCUT2D eigenvalue weighted by Crippen LogP contribution is -2.37. The number of nitrogens with two attached hydrogens (primary N) is 1. The number of amides is 2. The molecule has 0 radical (unpaired) electrons. The van der Waals surface area contributed by atoms with E-state index in [4.69, 9.17) is 5.73 Å². The highest BCUT2D eigenvalue weighted by atomic mass is 32.2. The number of benzene rings is 1. The zero-order chi connectivity index (χ0) is 18.4. The Bertz CT molecular complexity index is 657. The van der Waals surface area contributed by atoms with Crippen molar-refractivity contribution < 1.29 is 14.5 Å². The molecule has 0 spiro atoms. The molecule has 25 heavy (non-hydrogen) atoms. The molecule has 0 unspecified atom stereocenters. The molecule has 0 atom stereocenters. The van der Waals surface area contributed by atoms with Crippen LogP contribution in [0.25, 0.3) is 0 Å². The molecule has 8 heteroatoms.